The van der Waals surface area contributed by atoms with E-state index in [0.717, 1.165) is 14.5 Å². The van der Waals surface area contributed by atoms with E-state index in [1.807, 2.05) is 19.1 Å². The van der Waals surface area contributed by atoms with Gasteiger partial charge in [-0.3, -0.25) is 10.1 Å². The van der Waals surface area contributed by atoms with Gasteiger partial charge in [0.25, 0.3) is 5.91 Å². The van der Waals surface area contributed by atoms with Crippen LogP contribution in [0.4, 0.5) is 5.69 Å². The third-order valence-electron chi connectivity index (χ3n) is 3.18. The first kappa shape index (κ1) is 20.3. The summed E-state index contributed by atoms with van der Waals surface area (Å²) in [5.74, 6) is -0.857. The van der Waals surface area contributed by atoms with Crippen molar-refractivity contribution in [2.24, 2.45) is 0 Å². The molecule has 9 heteroatoms. The van der Waals surface area contributed by atoms with Crippen molar-refractivity contribution in [2.45, 2.75) is 6.92 Å². The number of carboxylic acid groups (broad SMARTS) is 1. The zero-order chi connectivity index (χ0) is 19.3. The molecule has 0 radical (unpaired) electrons. The van der Waals surface area contributed by atoms with Crippen molar-refractivity contribution in [3.05, 3.63) is 56.5 Å². The lowest BCUT2D eigenvalue weighted by Gasteiger charge is -2.13. The van der Waals surface area contributed by atoms with Gasteiger partial charge >= 0.3 is 5.97 Å². The predicted octanol–water partition coefficient (Wildman–Crippen LogP) is 4.11. The van der Waals surface area contributed by atoms with E-state index < -0.39 is 11.9 Å². The molecule has 0 aliphatic heterocycles. The minimum atomic E-state index is -1.01. The Morgan fingerprint density at radius 3 is 2.42 bits per heavy atom. The first-order valence-corrected chi connectivity index (χ1v) is 9.28. The summed E-state index contributed by atoms with van der Waals surface area (Å²) in [6.07, 6.45) is 0. The second-order valence-electron chi connectivity index (χ2n) is 5.21. The molecule has 0 saturated carbocycles. The zero-order valence-corrected chi connectivity index (χ0v) is 17.5. The van der Waals surface area contributed by atoms with Crippen LogP contribution in [-0.4, -0.2) is 28.7 Å². The Morgan fingerprint density at radius 2 is 1.85 bits per heavy atom. The van der Waals surface area contributed by atoms with Crippen molar-refractivity contribution in [1.29, 1.82) is 0 Å². The molecule has 136 valence electrons. The van der Waals surface area contributed by atoms with Crippen LogP contribution in [0.3, 0.4) is 0 Å². The van der Waals surface area contributed by atoms with E-state index in [0.29, 0.717) is 11.4 Å². The fourth-order valence-corrected chi connectivity index (χ4v) is 3.82. The molecule has 0 aliphatic rings. The molecule has 2 aromatic carbocycles. The summed E-state index contributed by atoms with van der Waals surface area (Å²) in [7, 11) is 0. The second kappa shape index (κ2) is 9.11. The van der Waals surface area contributed by atoms with Gasteiger partial charge in [0.2, 0.25) is 0 Å². The molecule has 0 aromatic heterocycles. The fraction of sp³-hybridized carbons (Fsp3) is 0.118. The summed E-state index contributed by atoms with van der Waals surface area (Å²) in [5.41, 5.74) is 1.60. The van der Waals surface area contributed by atoms with Gasteiger partial charge in [-0.1, -0.05) is 15.9 Å². The Hall–Kier alpha value is -1.97. The number of carboxylic acids is 1. The van der Waals surface area contributed by atoms with E-state index in [-0.39, 0.29) is 17.3 Å². The smallest absolute Gasteiger partial charge is 0.335 e. The summed E-state index contributed by atoms with van der Waals surface area (Å²) in [4.78, 5) is 22.8. The lowest BCUT2D eigenvalue weighted by molar-refractivity contribution is -0.121. The van der Waals surface area contributed by atoms with E-state index in [9.17, 15) is 9.59 Å². The van der Waals surface area contributed by atoms with Crippen LogP contribution in [0.1, 0.15) is 15.9 Å². The highest BCUT2D eigenvalue weighted by Crippen LogP contribution is 2.32. The maximum Gasteiger partial charge on any atom is 0.335 e. The molecular weight excluding hydrogens is 488 g/mol. The number of hydrogen-bond acceptors (Lipinski definition) is 4. The minimum Gasteiger partial charge on any atom is -0.482 e. The maximum atomic E-state index is 12.0. The van der Waals surface area contributed by atoms with Crippen molar-refractivity contribution in [3.63, 3.8) is 0 Å². The number of rotatable bonds is 5. The van der Waals surface area contributed by atoms with Crippen LogP contribution in [0.2, 0.25) is 0 Å². The summed E-state index contributed by atoms with van der Waals surface area (Å²) in [6, 6.07) is 9.69. The molecule has 2 aromatic rings. The summed E-state index contributed by atoms with van der Waals surface area (Å²) in [5, 5.41) is 14.3. The molecule has 26 heavy (non-hydrogen) atoms. The van der Waals surface area contributed by atoms with E-state index in [1.54, 1.807) is 12.1 Å². The van der Waals surface area contributed by atoms with Gasteiger partial charge in [0.15, 0.2) is 11.7 Å². The van der Waals surface area contributed by atoms with Gasteiger partial charge in [-0.25, -0.2) is 4.79 Å². The number of carbonyl (C=O) groups excluding carboxylic acids is 1. The van der Waals surface area contributed by atoms with Gasteiger partial charge in [0.05, 0.1) is 10.0 Å². The van der Waals surface area contributed by atoms with Crippen molar-refractivity contribution in [3.8, 4) is 5.75 Å². The van der Waals surface area contributed by atoms with Crippen LogP contribution in [0.15, 0.2) is 45.3 Å². The van der Waals surface area contributed by atoms with E-state index >= 15 is 0 Å². The van der Waals surface area contributed by atoms with Gasteiger partial charge in [0, 0.05) is 10.2 Å². The van der Waals surface area contributed by atoms with Crippen LogP contribution in [0.25, 0.3) is 0 Å². The second-order valence-corrected chi connectivity index (χ2v) is 7.39. The topological polar surface area (TPSA) is 87.7 Å². The van der Waals surface area contributed by atoms with Crippen LogP contribution < -0.4 is 15.4 Å². The number of nitrogens with one attached hydrogen (secondary N) is 2. The quantitative estimate of drug-likeness (QED) is 0.534. The molecule has 0 aliphatic carbocycles. The van der Waals surface area contributed by atoms with Crippen LogP contribution >= 0.6 is 44.1 Å². The average Bonchev–Trinajstić information content (AvgIpc) is 2.54. The summed E-state index contributed by atoms with van der Waals surface area (Å²) < 4.78 is 7.18. The predicted molar refractivity (Wildman–Crippen MR) is 110 cm³/mol. The molecule has 3 N–H and O–H groups in total. The van der Waals surface area contributed by atoms with Crippen LogP contribution in [-0.2, 0) is 4.79 Å². The van der Waals surface area contributed by atoms with Gasteiger partial charge < -0.3 is 15.2 Å². The van der Waals surface area contributed by atoms with Gasteiger partial charge in [-0.05, 0) is 77.0 Å². The molecule has 0 atom stereocenters. The number of halogens is 2. The van der Waals surface area contributed by atoms with Crippen molar-refractivity contribution in [1.82, 2.24) is 5.32 Å². The van der Waals surface area contributed by atoms with Gasteiger partial charge in [-0.15, -0.1) is 0 Å². The van der Waals surface area contributed by atoms with Crippen molar-refractivity contribution >= 4 is 66.8 Å². The molecule has 0 spiro atoms. The first-order chi connectivity index (χ1) is 12.3. The number of hydrogen-bond donors (Lipinski definition) is 3. The number of amides is 1. The molecule has 0 saturated heterocycles. The maximum absolute atomic E-state index is 12.0. The molecule has 2 rings (SSSR count). The molecular formula is C17H14Br2N2O4S. The number of ether oxygens (including phenoxy) is 1. The molecule has 0 fully saturated rings. The fourth-order valence-electron chi connectivity index (χ4n) is 2.03. The highest BCUT2D eigenvalue weighted by molar-refractivity contribution is 9.11. The Labute approximate surface area is 172 Å². The van der Waals surface area contributed by atoms with E-state index in [1.165, 1.54) is 12.1 Å². The van der Waals surface area contributed by atoms with E-state index in [4.69, 9.17) is 22.1 Å². The SMILES string of the molecule is Cc1cc(Br)cc(Br)c1OCC(=O)NC(=S)Nc1ccc(C(=O)O)cc1. The molecule has 0 unspecified atom stereocenters. The number of carbonyl (C=O) groups is 2. The molecule has 1 amide bonds. The summed E-state index contributed by atoms with van der Waals surface area (Å²) in [6.45, 7) is 1.66. The zero-order valence-electron chi connectivity index (χ0n) is 13.5. The average molecular weight is 502 g/mol. The standard InChI is InChI=1S/C17H14Br2N2O4S/c1-9-6-11(18)7-13(19)15(9)25-8-14(22)21-17(26)20-12-4-2-10(3-5-12)16(23)24/h2-7H,8H2,1H3,(H,23,24)(H2,20,21,22,26). The minimum absolute atomic E-state index is 0.0910. The van der Waals surface area contributed by atoms with Crippen molar-refractivity contribution in [2.75, 3.05) is 11.9 Å². The largest absolute Gasteiger partial charge is 0.482 e. The number of aryl methyl sites for hydroxylation is 1. The first-order valence-electron chi connectivity index (χ1n) is 7.29. The Kier molecular flexibility index (Phi) is 7.13. The molecule has 0 heterocycles. The summed E-state index contributed by atoms with van der Waals surface area (Å²) >= 11 is 11.8. The highest BCUT2D eigenvalue weighted by Gasteiger charge is 2.11. The van der Waals surface area contributed by atoms with Crippen LogP contribution in [0.5, 0.6) is 5.75 Å². The lowest BCUT2D eigenvalue weighted by Crippen LogP contribution is -2.37. The monoisotopic (exact) mass is 500 g/mol. The molecule has 0 bridgehead atoms. The number of thiocarbonyl (C=S) groups is 1. The normalized spacial score (nSPS) is 10.1. The third kappa shape index (κ3) is 5.79. The third-order valence-corrected chi connectivity index (χ3v) is 4.44. The van der Waals surface area contributed by atoms with E-state index in [2.05, 4.69) is 42.5 Å². The van der Waals surface area contributed by atoms with Gasteiger partial charge in [0.1, 0.15) is 5.75 Å². The highest BCUT2D eigenvalue weighted by atomic mass is 79.9. The molecule has 6 nitrogen and oxygen atoms in total. The Bertz CT molecular complexity index is 833. The number of benzene rings is 2. The lowest BCUT2D eigenvalue weighted by atomic mass is 10.2. The Morgan fingerprint density at radius 1 is 1.19 bits per heavy atom. The number of anilines is 1. The van der Waals surface area contributed by atoms with Gasteiger partial charge in [-0.2, -0.15) is 0 Å². The van der Waals surface area contributed by atoms with Crippen LogP contribution in [0, 0.1) is 6.92 Å². The van der Waals surface area contributed by atoms with Crippen molar-refractivity contribution < 1.29 is 19.4 Å². The number of aromatic carboxylic acids is 1. The Balaban J connectivity index is 1.87.